The largest absolute Gasteiger partial charge is 0.303 e. The molecule has 1 spiro atoms. The van der Waals surface area contributed by atoms with Crippen molar-refractivity contribution in [2.45, 2.75) is 71.1 Å². The lowest BCUT2D eigenvalue weighted by Crippen LogP contribution is -2.48. The van der Waals surface area contributed by atoms with Crippen LogP contribution in [0.3, 0.4) is 0 Å². The highest BCUT2D eigenvalue weighted by Crippen LogP contribution is 2.42. The Bertz CT molecular complexity index is 875. The molecule has 2 aliphatic rings. The Balaban J connectivity index is 1.56. The van der Waals surface area contributed by atoms with Crippen LogP contribution in [0.1, 0.15) is 66.2 Å². The molecule has 3 rings (SSSR count). The fraction of sp³-hybridized carbons (Fsp3) is 0.750. The van der Waals surface area contributed by atoms with E-state index < -0.39 is 10.0 Å². The normalized spacial score (nSPS) is 20.4. The van der Waals surface area contributed by atoms with E-state index in [0.717, 1.165) is 32.5 Å². The Morgan fingerprint density at radius 2 is 1.69 bits per heavy atom. The van der Waals surface area contributed by atoms with Crippen LogP contribution in [0.4, 0.5) is 5.82 Å². The number of piperidine rings is 2. The van der Waals surface area contributed by atoms with Crippen molar-refractivity contribution in [1.29, 1.82) is 0 Å². The number of sulfonamides is 1. The summed E-state index contributed by atoms with van der Waals surface area (Å²) in [4.78, 5) is 20.3. The van der Waals surface area contributed by atoms with Crippen LogP contribution >= 0.6 is 0 Å². The molecule has 32 heavy (non-hydrogen) atoms. The van der Waals surface area contributed by atoms with Gasteiger partial charge in [-0.1, -0.05) is 27.7 Å². The number of pyridine rings is 1. The summed E-state index contributed by atoms with van der Waals surface area (Å²) in [6, 6.07) is 3.17. The second-order valence-corrected chi connectivity index (χ2v) is 12.7. The second-order valence-electron chi connectivity index (χ2n) is 10.7. The molecule has 180 valence electrons. The predicted octanol–water partition coefficient (Wildman–Crippen LogP) is 3.76. The van der Waals surface area contributed by atoms with E-state index in [1.54, 1.807) is 30.4 Å². The number of carbonyl (C=O) groups excluding carboxylic acids is 1. The van der Waals surface area contributed by atoms with Crippen molar-refractivity contribution in [2.75, 3.05) is 44.7 Å². The lowest BCUT2D eigenvalue weighted by molar-refractivity contribution is -0.118. The zero-order chi connectivity index (χ0) is 23.6. The van der Waals surface area contributed by atoms with Gasteiger partial charge in [-0.25, -0.2) is 13.4 Å². The third-order valence-electron chi connectivity index (χ3n) is 7.26. The maximum atomic E-state index is 13.2. The fourth-order valence-electron chi connectivity index (χ4n) is 4.68. The van der Waals surface area contributed by atoms with Gasteiger partial charge in [0.05, 0.1) is 0 Å². The summed E-state index contributed by atoms with van der Waals surface area (Å²) in [7, 11) is -1.91. The molecule has 1 amide bonds. The van der Waals surface area contributed by atoms with Crippen molar-refractivity contribution in [3.63, 3.8) is 0 Å². The standard InChI is InChI=1S/C24H40N4O3S/c1-6-22(29)26(5)21-8-7-20(19-25-21)32(30,31)28-17-12-24(13-18-28)10-15-27(16-11-24)14-9-23(2,3)4/h7-8,19H,6,9-18H2,1-5H3. The number of carbonyl (C=O) groups is 1. The van der Waals surface area contributed by atoms with Crippen molar-refractivity contribution in [3.05, 3.63) is 18.3 Å². The molecule has 3 heterocycles. The Morgan fingerprint density at radius 3 is 2.19 bits per heavy atom. The summed E-state index contributed by atoms with van der Waals surface area (Å²) in [6.45, 7) is 13.2. The van der Waals surface area contributed by atoms with Crippen molar-refractivity contribution in [1.82, 2.24) is 14.2 Å². The van der Waals surface area contributed by atoms with E-state index in [1.807, 2.05) is 0 Å². The number of aromatic nitrogens is 1. The predicted molar refractivity (Wildman–Crippen MR) is 128 cm³/mol. The van der Waals surface area contributed by atoms with Gasteiger partial charge in [0.2, 0.25) is 15.9 Å². The summed E-state index contributed by atoms with van der Waals surface area (Å²) in [5.74, 6) is 0.408. The maximum Gasteiger partial charge on any atom is 0.244 e. The highest BCUT2D eigenvalue weighted by atomic mass is 32.2. The number of anilines is 1. The molecule has 2 saturated heterocycles. The SMILES string of the molecule is CCC(=O)N(C)c1ccc(S(=O)(=O)N2CCC3(CCN(CCC(C)(C)C)CC3)CC2)cn1. The smallest absolute Gasteiger partial charge is 0.244 e. The average molecular weight is 465 g/mol. The summed E-state index contributed by atoms with van der Waals surface area (Å²) in [6.07, 6.45) is 7.15. The molecule has 8 heteroatoms. The quantitative estimate of drug-likeness (QED) is 0.641. The Morgan fingerprint density at radius 1 is 1.09 bits per heavy atom. The third-order valence-corrected chi connectivity index (χ3v) is 9.14. The van der Waals surface area contributed by atoms with Crippen molar-refractivity contribution >= 4 is 21.7 Å². The van der Waals surface area contributed by atoms with E-state index in [-0.39, 0.29) is 16.2 Å². The molecule has 2 fully saturated rings. The number of hydrogen-bond acceptors (Lipinski definition) is 5. The van der Waals surface area contributed by atoms with Crippen molar-refractivity contribution < 1.29 is 13.2 Å². The molecule has 0 atom stereocenters. The molecule has 0 bridgehead atoms. The first kappa shape index (κ1) is 25.1. The number of amides is 1. The van der Waals surface area contributed by atoms with E-state index in [4.69, 9.17) is 0 Å². The van der Waals surface area contributed by atoms with Crippen LogP contribution in [0.2, 0.25) is 0 Å². The molecule has 0 radical (unpaired) electrons. The van der Waals surface area contributed by atoms with E-state index >= 15 is 0 Å². The van der Waals surface area contributed by atoms with Crippen LogP contribution in [0, 0.1) is 10.8 Å². The Labute approximate surface area is 194 Å². The van der Waals surface area contributed by atoms with Crippen LogP contribution in [0.15, 0.2) is 23.2 Å². The molecular formula is C24H40N4O3S. The van der Waals surface area contributed by atoms with Gasteiger partial charge < -0.3 is 4.90 Å². The Kier molecular flexibility index (Phi) is 7.67. The number of nitrogens with zero attached hydrogens (tertiary/aromatic N) is 4. The highest BCUT2D eigenvalue weighted by molar-refractivity contribution is 7.89. The van der Waals surface area contributed by atoms with Crippen LogP contribution < -0.4 is 4.90 Å². The van der Waals surface area contributed by atoms with Crippen molar-refractivity contribution in [3.8, 4) is 0 Å². The lowest BCUT2D eigenvalue weighted by atomic mass is 9.71. The molecule has 0 saturated carbocycles. The van der Waals surface area contributed by atoms with E-state index in [2.05, 4.69) is 30.7 Å². The van der Waals surface area contributed by atoms with Gasteiger partial charge in [-0.15, -0.1) is 0 Å². The van der Waals surface area contributed by atoms with E-state index in [1.165, 1.54) is 30.4 Å². The molecule has 0 unspecified atom stereocenters. The van der Waals surface area contributed by atoms with E-state index in [0.29, 0.717) is 30.7 Å². The minimum atomic E-state index is -3.56. The van der Waals surface area contributed by atoms with Gasteiger partial charge in [0, 0.05) is 32.8 Å². The Hall–Kier alpha value is -1.51. The van der Waals surface area contributed by atoms with Crippen LogP contribution in [0.5, 0.6) is 0 Å². The summed E-state index contributed by atoms with van der Waals surface area (Å²) >= 11 is 0. The lowest BCUT2D eigenvalue weighted by Gasteiger charge is -2.46. The third kappa shape index (κ3) is 5.88. The molecule has 0 N–H and O–H groups in total. The maximum absolute atomic E-state index is 13.2. The van der Waals surface area contributed by atoms with Gasteiger partial charge in [0.1, 0.15) is 10.7 Å². The summed E-state index contributed by atoms with van der Waals surface area (Å²) < 4.78 is 27.9. The molecule has 1 aromatic heterocycles. The van der Waals surface area contributed by atoms with Gasteiger partial charge in [-0.3, -0.25) is 9.69 Å². The van der Waals surface area contributed by atoms with Gasteiger partial charge in [-0.05, 0) is 74.7 Å². The average Bonchev–Trinajstić information content (AvgIpc) is 2.77. The number of hydrogen-bond donors (Lipinski definition) is 0. The number of likely N-dealkylation sites (tertiary alicyclic amines) is 1. The zero-order valence-corrected chi connectivity index (χ0v) is 21.2. The van der Waals surface area contributed by atoms with Gasteiger partial charge in [-0.2, -0.15) is 4.31 Å². The van der Waals surface area contributed by atoms with E-state index in [9.17, 15) is 13.2 Å². The minimum absolute atomic E-state index is 0.0566. The van der Waals surface area contributed by atoms with Crippen LogP contribution in [-0.2, 0) is 14.8 Å². The number of rotatable bonds is 6. The fourth-order valence-corrected chi connectivity index (χ4v) is 6.07. The van der Waals surface area contributed by atoms with Crippen molar-refractivity contribution in [2.24, 2.45) is 10.8 Å². The summed E-state index contributed by atoms with van der Waals surface area (Å²) in [5, 5.41) is 0. The molecule has 1 aromatic rings. The topological polar surface area (TPSA) is 73.8 Å². The second kappa shape index (κ2) is 9.77. The molecule has 0 aromatic carbocycles. The minimum Gasteiger partial charge on any atom is -0.303 e. The van der Waals surface area contributed by atoms with Gasteiger partial charge in [0.25, 0.3) is 0 Å². The first-order valence-corrected chi connectivity index (χ1v) is 13.3. The van der Waals surface area contributed by atoms with Crippen LogP contribution in [-0.4, -0.2) is 68.3 Å². The summed E-state index contributed by atoms with van der Waals surface area (Å²) in [5.41, 5.74) is 0.651. The van der Waals surface area contributed by atoms with Gasteiger partial charge >= 0.3 is 0 Å². The molecule has 2 aliphatic heterocycles. The molecular weight excluding hydrogens is 424 g/mol. The monoisotopic (exact) mass is 464 g/mol. The molecule has 0 aliphatic carbocycles. The highest BCUT2D eigenvalue weighted by Gasteiger charge is 2.40. The van der Waals surface area contributed by atoms with Crippen LogP contribution in [0.25, 0.3) is 0 Å². The zero-order valence-electron chi connectivity index (χ0n) is 20.4. The first-order valence-electron chi connectivity index (χ1n) is 11.9. The first-order chi connectivity index (χ1) is 15.0. The van der Waals surface area contributed by atoms with Gasteiger partial charge in [0.15, 0.2) is 0 Å². The molecule has 7 nitrogen and oxygen atoms in total.